The number of carbonyl (C=O) groups excluding carboxylic acids is 2. The second-order valence-electron chi connectivity index (χ2n) is 7.49. The number of nitrogens with zero attached hydrogens (tertiary/aromatic N) is 2. The highest BCUT2D eigenvalue weighted by molar-refractivity contribution is 5.96. The van der Waals surface area contributed by atoms with Crippen molar-refractivity contribution in [3.63, 3.8) is 0 Å². The van der Waals surface area contributed by atoms with Gasteiger partial charge in [-0.25, -0.2) is 9.82 Å². The van der Waals surface area contributed by atoms with E-state index >= 15 is 0 Å². The van der Waals surface area contributed by atoms with Crippen LogP contribution < -0.4 is 10.7 Å². The standard InChI is InChI=1S/C19H23FN4O2/c1-12-2-7-16-15(10-12)18-19(26)23(8-9-24(18)22-16)11-17(25)21-14-5-3-13(20)4-6-14/h3-6,8-9,12,15-16,18,22H,2,7,10-11H2,1H3,(H,21,25). The van der Waals surface area contributed by atoms with E-state index in [4.69, 9.17) is 0 Å². The van der Waals surface area contributed by atoms with Crippen molar-refractivity contribution in [2.24, 2.45) is 11.8 Å². The van der Waals surface area contributed by atoms with Gasteiger partial charge < -0.3 is 15.2 Å². The molecule has 2 fully saturated rings. The van der Waals surface area contributed by atoms with E-state index in [2.05, 4.69) is 17.7 Å². The number of fused-ring (bicyclic) bond motifs is 3. The fourth-order valence-corrected chi connectivity index (χ4v) is 4.26. The Labute approximate surface area is 152 Å². The van der Waals surface area contributed by atoms with E-state index in [1.807, 2.05) is 11.2 Å². The second kappa shape index (κ2) is 6.72. The number of hydrazine groups is 1. The van der Waals surface area contributed by atoms with Crippen LogP contribution in [0.15, 0.2) is 36.7 Å². The van der Waals surface area contributed by atoms with Crippen molar-refractivity contribution >= 4 is 17.5 Å². The predicted octanol–water partition coefficient (Wildman–Crippen LogP) is 2.07. The predicted molar refractivity (Wildman–Crippen MR) is 94.9 cm³/mol. The van der Waals surface area contributed by atoms with Gasteiger partial charge in [0.15, 0.2) is 0 Å². The van der Waals surface area contributed by atoms with Gasteiger partial charge in [0.05, 0.1) is 0 Å². The van der Waals surface area contributed by atoms with Crippen LogP contribution in [0.3, 0.4) is 0 Å². The number of carbonyl (C=O) groups is 2. The number of anilines is 1. The molecule has 1 aromatic carbocycles. The molecule has 1 saturated carbocycles. The Kier molecular flexibility index (Phi) is 4.40. The third kappa shape index (κ3) is 3.19. The molecule has 1 saturated heterocycles. The van der Waals surface area contributed by atoms with Crippen LogP contribution in [0.4, 0.5) is 10.1 Å². The number of rotatable bonds is 3. The summed E-state index contributed by atoms with van der Waals surface area (Å²) in [6.45, 7) is 2.18. The monoisotopic (exact) mass is 358 g/mol. The lowest BCUT2D eigenvalue weighted by molar-refractivity contribution is -0.138. The number of nitrogens with one attached hydrogen (secondary N) is 2. The number of hydrogen-bond donors (Lipinski definition) is 2. The van der Waals surface area contributed by atoms with Crippen molar-refractivity contribution in [2.45, 2.75) is 38.3 Å². The largest absolute Gasteiger partial charge is 0.325 e. The van der Waals surface area contributed by atoms with E-state index in [0.717, 1.165) is 12.8 Å². The quantitative estimate of drug-likeness (QED) is 0.868. The van der Waals surface area contributed by atoms with Crippen LogP contribution in [0.1, 0.15) is 26.2 Å². The Balaban J connectivity index is 1.42. The van der Waals surface area contributed by atoms with Crippen molar-refractivity contribution < 1.29 is 14.0 Å². The lowest BCUT2D eigenvalue weighted by Gasteiger charge is -2.35. The summed E-state index contributed by atoms with van der Waals surface area (Å²) in [4.78, 5) is 26.7. The second-order valence-corrected chi connectivity index (χ2v) is 7.49. The molecule has 4 rings (SSSR count). The summed E-state index contributed by atoms with van der Waals surface area (Å²) < 4.78 is 13.0. The van der Waals surface area contributed by atoms with Gasteiger partial charge >= 0.3 is 0 Å². The van der Waals surface area contributed by atoms with Crippen molar-refractivity contribution in [3.8, 4) is 0 Å². The van der Waals surface area contributed by atoms with Gasteiger partial charge in [0.2, 0.25) is 5.91 Å². The molecule has 0 radical (unpaired) electrons. The average molecular weight is 358 g/mol. The normalized spacial score (nSPS) is 30.2. The van der Waals surface area contributed by atoms with Crippen LogP contribution in [0.25, 0.3) is 0 Å². The van der Waals surface area contributed by atoms with E-state index in [1.165, 1.54) is 35.6 Å². The maximum absolute atomic E-state index is 13.0. The van der Waals surface area contributed by atoms with Crippen molar-refractivity contribution in [1.29, 1.82) is 0 Å². The molecule has 7 heteroatoms. The molecule has 4 atom stereocenters. The lowest BCUT2D eigenvalue weighted by Crippen LogP contribution is -2.51. The summed E-state index contributed by atoms with van der Waals surface area (Å²) in [6, 6.07) is 5.65. The third-order valence-corrected chi connectivity index (χ3v) is 5.57. The Bertz CT molecular complexity index is 736. The van der Waals surface area contributed by atoms with Gasteiger partial charge in [-0.3, -0.25) is 9.59 Å². The summed E-state index contributed by atoms with van der Waals surface area (Å²) >= 11 is 0. The van der Waals surface area contributed by atoms with E-state index in [0.29, 0.717) is 17.6 Å². The number of benzene rings is 1. The number of amides is 2. The minimum absolute atomic E-state index is 0.0455. The van der Waals surface area contributed by atoms with Gasteiger partial charge in [0.1, 0.15) is 18.4 Å². The first-order valence-corrected chi connectivity index (χ1v) is 9.10. The molecule has 0 spiro atoms. The highest BCUT2D eigenvalue weighted by Crippen LogP contribution is 2.38. The molecule has 1 aromatic rings. The molecule has 2 aliphatic heterocycles. The fourth-order valence-electron chi connectivity index (χ4n) is 4.26. The summed E-state index contributed by atoms with van der Waals surface area (Å²) in [5.74, 6) is 0.187. The molecular weight excluding hydrogens is 335 g/mol. The summed E-state index contributed by atoms with van der Waals surface area (Å²) in [5, 5.41) is 4.60. The van der Waals surface area contributed by atoms with Crippen LogP contribution in [-0.2, 0) is 9.59 Å². The highest BCUT2D eigenvalue weighted by atomic mass is 19.1. The van der Waals surface area contributed by atoms with Gasteiger partial charge in [0.25, 0.3) is 5.91 Å². The topological polar surface area (TPSA) is 64.7 Å². The molecule has 2 N–H and O–H groups in total. The third-order valence-electron chi connectivity index (χ3n) is 5.57. The van der Waals surface area contributed by atoms with Crippen LogP contribution in [0.5, 0.6) is 0 Å². The molecule has 0 aromatic heterocycles. The zero-order valence-corrected chi connectivity index (χ0v) is 14.7. The first-order valence-electron chi connectivity index (χ1n) is 9.10. The molecule has 26 heavy (non-hydrogen) atoms. The Hall–Kier alpha value is -2.41. The molecule has 6 nitrogen and oxygen atoms in total. The Morgan fingerprint density at radius 1 is 1.27 bits per heavy atom. The number of hydrogen-bond acceptors (Lipinski definition) is 4. The summed E-state index contributed by atoms with van der Waals surface area (Å²) in [5.41, 5.74) is 3.94. The highest BCUT2D eigenvalue weighted by Gasteiger charge is 2.49. The maximum Gasteiger partial charge on any atom is 0.251 e. The van der Waals surface area contributed by atoms with E-state index in [-0.39, 0.29) is 36.1 Å². The van der Waals surface area contributed by atoms with Crippen LogP contribution in [0.2, 0.25) is 0 Å². The summed E-state index contributed by atoms with van der Waals surface area (Å²) in [7, 11) is 0. The minimum Gasteiger partial charge on any atom is -0.325 e. The Morgan fingerprint density at radius 3 is 2.81 bits per heavy atom. The van der Waals surface area contributed by atoms with Gasteiger partial charge in [-0.2, -0.15) is 0 Å². The molecule has 3 aliphatic rings. The van der Waals surface area contributed by atoms with Gasteiger partial charge in [0, 0.05) is 30.0 Å². The first kappa shape index (κ1) is 17.0. The van der Waals surface area contributed by atoms with Crippen LogP contribution >= 0.6 is 0 Å². The molecule has 2 heterocycles. The number of halogens is 1. The zero-order valence-electron chi connectivity index (χ0n) is 14.7. The van der Waals surface area contributed by atoms with Crippen molar-refractivity contribution in [3.05, 3.63) is 42.5 Å². The van der Waals surface area contributed by atoms with Gasteiger partial charge in [-0.1, -0.05) is 6.92 Å². The average Bonchev–Trinajstić information content (AvgIpc) is 2.98. The molecule has 2 amide bonds. The fraction of sp³-hybridized carbons (Fsp3) is 0.474. The van der Waals surface area contributed by atoms with E-state index in [9.17, 15) is 14.0 Å². The molecular formula is C19H23FN4O2. The van der Waals surface area contributed by atoms with Crippen molar-refractivity contribution in [2.75, 3.05) is 11.9 Å². The van der Waals surface area contributed by atoms with Crippen LogP contribution in [0, 0.1) is 17.7 Å². The maximum atomic E-state index is 13.0. The van der Waals surface area contributed by atoms with Crippen LogP contribution in [-0.4, -0.2) is 40.4 Å². The molecule has 4 unspecified atom stereocenters. The van der Waals surface area contributed by atoms with E-state index < -0.39 is 0 Å². The summed E-state index contributed by atoms with van der Waals surface area (Å²) in [6.07, 6.45) is 6.77. The van der Waals surface area contributed by atoms with E-state index in [1.54, 1.807) is 6.20 Å². The molecule has 1 aliphatic carbocycles. The smallest absolute Gasteiger partial charge is 0.251 e. The lowest BCUT2D eigenvalue weighted by atomic mass is 9.76. The van der Waals surface area contributed by atoms with Gasteiger partial charge in [-0.05, 0) is 49.4 Å². The molecule has 138 valence electrons. The SMILES string of the molecule is CC1CCC2NN3C=CN(CC(=O)Nc4ccc(F)cc4)C(=O)C3C2C1. The minimum atomic E-state index is -0.359. The van der Waals surface area contributed by atoms with Gasteiger partial charge in [-0.15, -0.1) is 0 Å². The zero-order chi connectivity index (χ0) is 18.3. The first-order chi connectivity index (χ1) is 12.5. The Morgan fingerprint density at radius 2 is 2.04 bits per heavy atom. The molecule has 0 bridgehead atoms. The van der Waals surface area contributed by atoms with Crippen molar-refractivity contribution in [1.82, 2.24) is 15.3 Å².